The van der Waals surface area contributed by atoms with Gasteiger partial charge in [-0.2, -0.15) is 0 Å². The minimum Gasteiger partial charge on any atom is -0.491 e. The van der Waals surface area contributed by atoms with Gasteiger partial charge in [-0.1, -0.05) is 5.11 Å². The maximum absolute atomic E-state index is 12.5. The first-order valence-electron chi connectivity index (χ1n) is 10.0. The van der Waals surface area contributed by atoms with Crippen molar-refractivity contribution in [2.45, 2.75) is 4.90 Å². The van der Waals surface area contributed by atoms with E-state index in [9.17, 15) is 18.0 Å². The first-order chi connectivity index (χ1) is 16.4. The van der Waals surface area contributed by atoms with Crippen LogP contribution in [0.3, 0.4) is 0 Å². The average molecular weight is 493 g/mol. The quantitative estimate of drug-likeness (QED) is 0.138. The molecule has 0 fully saturated rings. The summed E-state index contributed by atoms with van der Waals surface area (Å²) in [5.74, 6) is -0.977. The second-order valence-corrected chi connectivity index (χ2v) is 8.19. The third-order valence-corrected chi connectivity index (χ3v) is 5.54. The van der Waals surface area contributed by atoms with Crippen LogP contribution < -0.4 is 9.46 Å². The van der Waals surface area contributed by atoms with Crippen molar-refractivity contribution in [3.05, 3.63) is 70.1 Å². The van der Waals surface area contributed by atoms with E-state index in [0.29, 0.717) is 32.2 Å². The number of benzene rings is 2. The Kier molecular flexibility index (Phi) is 10.8. The van der Waals surface area contributed by atoms with Crippen LogP contribution in [0.25, 0.3) is 10.4 Å². The number of hydrogen-bond donors (Lipinski definition) is 1. The number of nitrogens with zero attached hydrogens (tertiary/aromatic N) is 3. The largest absolute Gasteiger partial charge is 0.491 e. The Balaban J connectivity index is 1.77. The van der Waals surface area contributed by atoms with E-state index in [2.05, 4.69) is 14.8 Å². The van der Waals surface area contributed by atoms with Crippen LogP contribution in [-0.4, -0.2) is 67.0 Å². The molecule has 2 aromatic carbocycles. The van der Waals surface area contributed by atoms with Crippen LogP contribution in [0.1, 0.15) is 20.7 Å². The first kappa shape index (κ1) is 26.6. The summed E-state index contributed by atoms with van der Waals surface area (Å²) in [6.45, 7) is 1.82. The number of carbonyl (C=O) groups is 2. The van der Waals surface area contributed by atoms with E-state index in [4.69, 9.17) is 19.7 Å². The summed E-state index contributed by atoms with van der Waals surface area (Å²) in [6.07, 6.45) is 0. The van der Waals surface area contributed by atoms with Crippen LogP contribution in [0.15, 0.2) is 58.5 Å². The Labute approximate surface area is 196 Å². The molecule has 0 bridgehead atoms. The van der Waals surface area contributed by atoms with Crippen molar-refractivity contribution in [2.24, 2.45) is 5.11 Å². The molecule has 182 valence electrons. The second-order valence-electron chi connectivity index (χ2n) is 6.50. The van der Waals surface area contributed by atoms with Crippen molar-refractivity contribution in [2.75, 3.05) is 46.7 Å². The molecule has 0 saturated carbocycles. The third kappa shape index (κ3) is 8.71. The van der Waals surface area contributed by atoms with Gasteiger partial charge in [0.05, 0.1) is 44.0 Å². The first-order valence-corrected chi connectivity index (χ1v) is 11.5. The topological polar surface area (TPSA) is 166 Å². The number of carbonyl (C=O) groups excluding carboxylic acids is 2. The van der Waals surface area contributed by atoms with Crippen LogP contribution in [0.4, 0.5) is 0 Å². The zero-order chi connectivity index (χ0) is 24.8. The maximum atomic E-state index is 12.5. The van der Waals surface area contributed by atoms with E-state index in [-0.39, 0.29) is 29.2 Å². The van der Waals surface area contributed by atoms with Gasteiger partial charge in [-0.25, -0.2) is 17.9 Å². The highest BCUT2D eigenvalue weighted by molar-refractivity contribution is 7.90. The summed E-state index contributed by atoms with van der Waals surface area (Å²) in [5, 5.41) is 3.33. The maximum Gasteiger partial charge on any atom is 0.337 e. The molecule has 2 rings (SSSR count). The van der Waals surface area contributed by atoms with Crippen molar-refractivity contribution in [1.82, 2.24) is 4.72 Å². The Bertz CT molecular complexity index is 1100. The van der Waals surface area contributed by atoms with Gasteiger partial charge in [-0.3, -0.25) is 4.79 Å². The van der Waals surface area contributed by atoms with Crippen molar-refractivity contribution in [1.29, 1.82) is 0 Å². The molecule has 12 nitrogen and oxygen atoms in total. The number of azide groups is 1. The number of methoxy groups -OCH3 is 1. The third-order valence-electron chi connectivity index (χ3n) is 4.20. The average Bonchev–Trinajstić information content (AvgIpc) is 2.84. The Morgan fingerprint density at radius 2 is 1.50 bits per heavy atom. The van der Waals surface area contributed by atoms with E-state index in [1.165, 1.54) is 55.6 Å². The predicted octanol–water partition coefficient (Wildman–Crippen LogP) is 2.31. The Morgan fingerprint density at radius 1 is 0.912 bits per heavy atom. The van der Waals surface area contributed by atoms with E-state index in [1.807, 2.05) is 4.72 Å². The molecule has 0 spiro atoms. The van der Waals surface area contributed by atoms with E-state index in [0.717, 1.165) is 0 Å². The molecule has 2 aromatic rings. The van der Waals surface area contributed by atoms with Gasteiger partial charge in [0.15, 0.2) is 0 Å². The zero-order valence-electron chi connectivity index (χ0n) is 18.4. The summed E-state index contributed by atoms with van der Waals surface area (Å²) >= 11 is 0. The fourth-order valence-corrected chi connectivity index (χ4v) is 3.50. The van der Waals surface area contributed by atoms with Crippen molar-refractivity contribution in [3.63, 3.8) is 0 Å². The fraction of sp³-hybridized carbons (Fsp3) is 0.333. The molecule has 0 heterocycles. The molecule has 0 aromatic heterocycles. The molecule has 1 N–H and O–H groups in total. The second kappa shape index (κ2) is 13.8. The Morgan fingerprint density at radius 3 is 2.12 bits per heavy atom. The molecule has 0 aliphatic carbocycles. The minimum absolute atomic E-state index is 0.0669. The van der Waals surface area contributed by atoms with Gasteiger partial charge < -0.3 is 18.9 Å². The van der Waals surface area contributed by atoms with Crippen molar-refractivity contribution in [3.8, 4) is 5.75 Å². The van der Waals surface area contributed by atoms with Crippen LogP contribution >= 0.6 is 0 Å². The summed E-state index contributed by atoms with van der Waals surface area (Å²) in [6, 6.07) is 10.9. The fourth-order valence-electron chi connectivity index (χ4n) is 2.52. The van der Waals surface area contributed by atoms with Gasteiger partial charge in [0.1, 0.15) is 12.4 Å². The smallest absolute Gasteiger partial charge is 0.337 e. The number of rotatable bonds is 14. The number of amides is 1. The van der Waals surface area contributed by atoms with Gasteiger partial charge in [0.2, 0.25) is 0 Å². The highest BCUT2D eigenvalue weighted by Gasteiger charge is 2.19. The lowest BCUT2D eigenvalue weighted by molar-refractivity contribution is 0.0388. The number of sulfonamides is 1. The van der Waals surface area contributed by atoms with Crippen molar-refractivity contribution < 1.29 is 37.0 Å². The molecule has 34 heavy (non-hydrogen) atoms. The number of esters is 1. The number of nitrogens with one attached hydrogen (secondary N) is 1. The van der Waals surface area contributed by atoms with Gasteiger partial charge in [0, 0.05) is 17.0 Å². The molecule has 0 radical (unpaired) electrons. The summed E-state index contributed by atoms with van der Waals surface area (Å²) in [4.78, 5) is 26.2. The number of hydrogen-bond acceptors (Lipinski definition) is 9. The molecule has 0 saturated heterocycles. The number of ether oxygens (including phenoxy) is 4. The van der Waals surface area contributed by atoms with Crippen LogP contribution in [-0.2, 0) is 24.2 Å². The lowest BCUT2D eigenvalue weighted by Crippen LogP contribution is -2.30. The lowest BCUT2D eigenvalue weighted by Gasteiger charge is -2.10. The zero-order valence-corrected chi connectivity index (χ0v) is 19.2. The molecular formula is C21H24N4O8S. The van der Waals surface area contributed by atoms with Gasteiger partial charge >= 0.3 is 5.97 Å². The Hall–Kier alpha value is -3.64. The SMILES string of the molecule is COC(=O)c1ccc(C(=O)NS(=O)(=O)c2ccc(OCCOCCOCCN=[N+]=[N-])cc2)cc1. The van der Waals surface area contributed by atoms with Crippen LogP contribution in [0.2, 0.25) is 0 Å². The molecule has 13 heteroatoms. The van der Waals surface area contributed by atoms with Crippen molar-refractivity contribution >= 4 is 21.9 Å². The minimum atomic E-state index is -4.11. The summed E-state index contributed by atoms with van der Waals surface area (Å²) in [5.41, 5.74) is 8.43. The van der Waals surface area contributed by atoms with E-state index >= 15 is 0 Å². The molecule has 0 aliphatic heterocycles. The van der Waals surface area contributed by atoms with Gasteiger partial charge in [-0.15, -0.1) is 0 Å². The van der Waals surface area contributed by atoms with Crippen LogP contribution in [0.5, 0.6) is 5.75 Å². The standard InChI is InChI=1S/C21H24N4O8S/c1-30-21(27)17-4-2-16(3-5-17)20(26)24-34(28,29)19-8-6-18(7-9-19)33-15-14-32-13-12-31-11-10-23-25-22/h2-9H,10-15H2,1H3,(H,24,26). The van der Waals surface area contributed by atoms with E-state index in [1.54, 1.807) is 0 Å². The molecule has 1 amide bonds. The predicted molar refractivity (Wildman–Crippen MR) is 120 cm³/mol. The molecular weight excluding hydrogens is 468 g/mol. The lowest BCUT2D eigenvalue weighted by atomic mass is 10.1. The molecule has 0 aliphatic rings. The molecule has 0 unspecified atom stereocenters. The summed E-state index contributed by atoms with van der Waals surface area (Å²) in [7, 11) is -2.88. The van der Waals surface area contributed by atoms with Gasteiger partial charge in [0.25, 0.3) is 15.9 Å². The van der Waals surface area contributed by atoms with E-state index < -0.39 is 21.9 Å². The molecule has 0 atom stereocenters. The van der Waals surface area contributed by atoms with Gasteiger partial charge in [-0.05, 0) is 54.1 Å². The highest BCUT2D eigenvalue weighted by Crippen LogP contribution is 2.16. The monoisotopic (exact) mass is 492 g/mol. The van der Waals surface area contributed by atoms with Crippen LogP contribution in [0, 0.1) is 0 Å². The normalized spacial score (nSPS) is 10.7. The highest BCUT2D eigenvalue weighted by atomic mass is 32.2. The summed E-state index contributed by atoms with van der Waals surface area (Å²) < 4.78 is 47.5.